The molecule has 5 nitrogen and oxygen atoms in total. The van der Waals surface area contributed by atoms with E-state index in [1.807, 2.05) is 19.9 Å². The minimum atomic E-state index is -3.63. The third-order valence-corrected chi connectivity index (χ3v) is 4.74. The molecule has 1 heterocycles. The Hall–Kier alpha value is -1.34. The summed E-state index contributed by atoms with van der Waals surface area (Å²) < 4.78 is 29.8. The van der Waals surface area contributed by atoms with Crippen LogP contribution in [0, 0.1) is 6.92 Å². The average Bonchev–Trinajstić information content (AvgIpc) is 2.71. The van der Waals surface area contributed by atoms with Gasteiger partial charge in [-0.05, 0) is 39.0 Å². The van der Waals surface area contributed by atoms with E-state index in [-0.39, 0.29) is 10.9 Å². The highest BCUT2D eigenvalue weighted by Crippen LogP contribution is 2.22. The van der Waals surface area contributed by atoms with Crippen LogP contribution in [0.4, 0.5) is 5.69 Å². The molecule has 0 radical (unpaired) electrons. The maximum atomic E-state index is 12.4. The molecule has 0 saturated heterocycles. The van der Waals surface area contributed by atoms with Gasteiger partial charge >= 0.3 is 0 Å². The molecule has 0 unspecified atom stereocenters. The minimum absolute atomic E-state index is 0.114. The van der Waals surface area contributed by atoms with Gasteiger partial charge in [0.2, 0.25) is 0 Å². The van der Waals surface area contributed by atoms with Crippen molar-refractivity contribution >= 4 is 31.6 Å². The zero-order valence-electron chi connectivity index (χ0n) is 11.5. The van der Waals surface area contributed by atoms with Gasteiger partial charge in [0.05, 0.1) is 5.69 Å². The van der Waals surface area contributed by atoms with Crippen molar-refractivity contribution in [2.24, 2.45) is 0 Å². The van der Waals surface area contributed by atoms with Gasteiger partial charge in [-0.15, -0.1) is 0 Å². The van der Waals surface area contributed by atoms with Gasteiger partial charge in [-0.3, -0.25) is 9.40 Å². The van der Waals surface area contributed by atoms with Crippen molar-refractivity contribution in [2.75, 3.05) is 4.72 Å². The van der Waals surface area contributed by atoms with Gasteiger partial charge in [0.1, 0.15) is 4.90 Å². The lowest BCUT2D eigenvalue weighted by Crippen LogP contribution is -2.13. The Morgan fingerprint density at radius 2 is 2.05 bits per heavy atom. The highest BCUT2D eigenvalue weighted by Gasteiger charge is 2.21. The second-order valence-corrected chi connectivity index (χ2v) is 7.33. The summed E-state index contributed by atoms with van der Waals surface area (Å²) in [5, 5.41) is 4.22. The molecule has 0 aliphatic rings. The first-order valence-electron chi connectivity index (χ1n) is 6.14. The Labute approximate surface area is 127 Å². The Balaban J connectivity index is 2.36. The standard InChI is InChI=1S/C13H16BrN3O2S/c1-9(2)17-8-13(10(3)15-17)20(18,19)16-12-6-4-5-11(14)7-12/h4-9,16H,1-3H3. The Morgan fingerprint density at radius 1 is 1.35 bits per heavy atom. The molecule has 0 amide bonds. The second kappa shape index (κ2) is 5.57. The van der Waals surface area contributed by atoms with Crippen molar-refractivity contribution in [3.63, 3.8) is 0 Å². The first-order valence-corrected chi connectivity index (χ1v) is 8.41. The number of nitrogens with one attached hydrogen (secondary N) is 1. The molecule has 0 aliphatic carbocycles. The van der Waals surface area contributed by atoms with Crippen LogP contribution in [-0.4, -0.2) is 18.2 Å². The Bertz CT molecular complexity index is 723. The van der Waals surface area contributed by atoms with Gasteiger partial charge in [-0.2, -0.15) is 5.10 Å². The summed E-state index contributed by atoms with van der Waals surface area (Å²) in [6.45, 7) is 5.59. The molecule has 1 aromatic heterocycles. The molecule has 20 heavy (non-hydrogen) atoms. The fourth-order valence-electron chi connectivity index (χ4n) is 1.76. The quantitative estimate of drug-likeness (QED) is 0.912. The van der Waals surface area contributed by atoms with Gasteiger partial charge in [0.15, 0.2) is 0 Å². The summed E-state index contributed by atoms with van der Waals surface area (Å²) in [7, 11) is -3.63. The molecular formula is C13H16BrN3O2S. The lowest BCUT2D eigenvalue weighted by Gasteiger charge is -2.07. The Morgan fingerprint density at radius 3 is 2.60 bits per heavy atom. The van der Waals surface area contributed by atoms with Crippen molar-refractivity contribution in [3.8, 4) is 0 Å². The number of halogens is 1. The van der Waals surface area contributed by atoms with E-state index in [9.17, 15) is 8.42 Å². The number of nitrogens with zero attached hydrogens (tertiary/aromatic N) is 2. The van der Waals surface area contributed by atoms with Crippen LogP contribution in [0.25, 0.3) is 0 Å². The zero-order chi connectivity index (χ0) is 14.9. The molecule has 0 spiro atoms. The molecule has 1 aromatic carbocycles. The van der Waals surface area contributed by atoms with E-state index in [0.29, 0.717) is 11.4 Å². The lowest BCUT2D eigenvalue weighted by atomic mass is 10.3. The largest absolute Gasteiger partial charge is 0.279 e. The van der Waals surface area contributed by atoms with Crippen LogP contribution in [0.5, 0.6) is 0 Å². The van der Waals surface area contributed by atoms with Gasteiger partial charge in [-0.1, -0.05) is 22.0 Å². The number of hydrogen-bond acceptors (Lipinski definition) is 3. The van der Waals surface area contributed by atoms with Crippen LogP contribution in [0.15, 0.2) is 39.8 Å². The second-order valence-electron chi connectivity index (χ2n) is 4.77. The predicted molar refractivity (Wildman–Crippen MR) is 82.3 cm³/mol. The third kappa shape index (κ3) is 3.21. The molecule has 0 fully saturated rings. The van der Waals surface area contributed by atoms with Crippen LogP contribution < -0.4 is 4.72 Å². The zero-order valence-corrected chi connectivity index (χ0v) is 13.9. The van der Waals surface area contributed by atoms with E-state index in [1.54, 1.807) is 36.0 Å². The molecule has 7 heteroatoms. The van der Waals surface area contributed by atoms with Gasteiger partial charge in [0.25, 0.3) is 10.0 Å². The summed E-state index contributed by atoms with van der Waals surface area (Å²) in [6.07, 6.45) is 1.56. The van der Waals surface area contributed by atoms with E-state index in [1.165, 1.54) is 0 Å². The van der Waals surface area contributed by atoms with Gasteiger partial charge in [0, 0.05) is 22.4 Å². The first kappa shape index (κ1) is 15.1. The summed E-state index contributed by atoms with van der Waals surface area (Å²) in [6, 6.07) is 7.12. The highest BCUT2D eigenvalue weighted by molar-refractivity contribution is 9.10. The molecule has 108 valence electrons. The molecule has 2 aromatic rings. The van der Waals surface area contributed by atoms with Crippen molar-refractivity contribution < 1.29 is 8.42 Å². The molecule has 0 atom stereocenters. The average molecular weight is 358 g/mol. The molecule has 0 aliphatic heterocycles. The molecule has 0 bridgehead atoms. The molecule has 0 saturated carbocycles. The summed E-state index contributed by atoms with van der Waals surface area (Å²) in [5.41, 5.74) is 0.997. The normalized spacial score (nSPS) is 11.8. The van der Waals surface area contributed by atoms with Gasteiger partial charge < -0.3 is 0 Å². The van der Waals surface area contributed by atoms with Crippen molar-refractivity contribution in [3.05, 3.63) is 40.6 Å². The van der Waals surface area contributed by atoms with Crippen LogP contribution >= 0.6 is 15.9 Å². The van der Waals surface area contributed by atoms with Gasteiger partial charge in [-0.25, -0.2) is 8.42 Å². The van der Waals surface area contributed by atoms with Crippen LogP contribution in [0.3, 0.4) is 0 Å². The van der Waals surface area contributed by atoms with E-state index >= 15 is 0 Å². The monoisotopic (exact) mass is 357 g/mol. The molecule has 2 rings (SSSR count). The number of rotatable bonds is 4. The number of anilines is 1. The van der Waals surface area contributed by atoms with Crippen LogP contribution in [-0.2, 0) is 10.0 Å². The highest BCUT2D eigenvalue weighted by atomic mass is 79.9. The predicted octanol–water partition coefficient (Wildman–Crippen LogP) is 3.34. The first-order chi connectivity index (χ1) is 9.29. The fraction of sp³-hybridized carbons (Fsp3) is 0.308. The Kier molecular flexibility index (Phi) is 4.19. The lowest BCUT2D eigenvalue weighted by molar-refractivity contribution is 0.528. The number of aromatic nitrogens is 2. The van der Waals surface area contributed by atoms with E-state index < -0.39 is 10.0 Å². The van der Waals surface area contributed by atoms with Crippen molar-refractivity contribution in [1.29, 1.82) is 0 Å². The third-order valence-electron chi connectivity index (χ3n) is 2.77. The summed E-state index contributed by atoms with van der Waals surface area (Å²) >= 11 is 3.31. The van der Waals surface area contributed by atoms with Crippen LogP contribution in [0.2, 0.25) is 0 Å². The van der Waals surface area contributed by atoms with Crippen molar-refractivity contribution in [2.45, 2.75) is 31.7 Å². The van der Waals surface area contributed by atoms with E-state index in [4.69, 9.17) is 0 Å². The summed E-state index contributed by atoms with van der Waals surface area (Å²) in [5.74, 6) is 0. The molecular weight excluding hydrogens is 342 g/mol. The fourth-order valence-corrected chi connectivity index (χ4v) is 3.38. The van der Waals surface area contributed by atoms with E-state index in [0.717, 1.165) is 4.47 Å². The summed E-state index contributed by atoms with van der Waals surface area (Å²) in [4.78, 5) is 0.200. The topological polar surface area (TPSA) is 64.0 Å². The number of hydrogen-bond donors (Lipinski definition) is 1. The minimum Gasteiger partial charge on any atom is -0.279 e. The number of benzene rings is 1. The van der Waals surface area contributed by atoms with Crippen LogP contribution in [0.1, 0.15) is 25.6 Å². The van der Waals surface area contributed by atoms with Crippen molar-refractivity contribution in [1.82, 2.24) is 9.78 Å². The number of aryl methyl sites for hydroxylation is 1. The molecule has 1 N–H and O–H groups in total. The maximum Gasteiger partial charge on any atom is 0.265 e. The smallest absolute Gasteiger partial charge is 0.265 e. The number of sulfonamides is 1. The maximum absolute atomic E-state index is 12.4. The SMILES string of the molecule is Cc1nn(C(C)C)cc1S(=O)(=O)Nc1cccc(Br)c1. The van der Waals surface area contributed by atoms with E-state index in [2.05, 4.69) is 25.8 Å².